The molecule has 1 aromatic rings. The zero-order valence-corrected chi connectivity index (χ0v) is 12.1. The van der Waals surface area contributed by atoms with E-state index < -0.39 is 0 Å². The summed E-state index contributed by atoms with van der Waals surface area (Å²) in [6.07, 6.45) is 0. The number of amides is 1. The number of halogens is 1. The van der Waals surface area contributed by atoms with Crippen molar-refractivity contribution in [2.45, 2.75) is 26.7 Å². The number of hydrogen-bond acceptors (Lipinski definition) is 2. The molecule has 3 nitrogen and oxygen atoms in total. The third-order valence-corrected chi connectivity index (χ3v) is 3.03. The van der Waals surface area contributed by atoms with Crippen LogP contribution in [-0.4, -0.2) is 19.0 Å². The van der Waals surface area contributed by atoms with Gasteiger partial charge < -0.3 is 11.1 Å². The summed E-state index contributed by atoms with van der Waals surface area (Å²) in [5.74, 6) is 0.246. The molecule has 0 bridgehead atoms. The predicted molar refractivity (Wildman–Crippen MR) is 78.1 cm³/mol. The van der Waals surface area contributed by atoms with Crippen LogP contribution in [0.3, 0.4) is 0 Å². The van der Waals surface area contributed by atoms with Crippen LogP contribution in [0.5, 0.6) is 0 Å². The zero-order chi connectivity index (χ0) is 12.8. The monoisotopic (exact) mass is 270 g/mol. The summed E-state index contributed by atoms with van der Waals surface area (Å²) in [5, 5.41) is 2.93. The summed E-state index contributed by atoms with van der Waals surface area (Å²) in [5.41, 5.74) is 7.94. The van der Waals surface area contributed by atoms with Gasteiger partial charge >= 0.3 is 0 Å². The van der Waals surface area contributed by atoms with Gasteiger partial charge in [-0.3, -0.25) is 4.79 Å². The predicted octanol–water partition coefficient (Wildman–Crippen LogP) is 2.23. The molecule has 1 aromatic carbocycles. The van der Waals surface area contributed by atoms with Gasteiger partial charge in [0.2, 0.25) is 5.91 Å². The van der Waals surface area contributed by atoms with Crippen molar-refractivity contribution in [2.75, 3.05) is 13.1 Å². The van der Waals surface area contributed by atoms with Crippen molar-refractivity contribution in [2.24, 2.45) is 11.7 Å². The Bertz CT molecular complexity index is 365. The molecule has 4 heteroatoms. The molecule has 102 valence electrons. The van der Waals surface area contributed by atoms with Gasteiger partial charge in [0.1, 0.15) is 0 Å². The summed E-state index contributed by atoms with van der Waals surface area (Å²) >= 11 is 0. The van der Waals surface area contributed by atoms with Crippen molar-refractivity contribution >= 4 is 18.3 Å². The minimum Gasteiger partial charge on any atom is -0.355 e. The van der Waals surface area contributed by atoms with Gasteiger partial charge in [-0.05, 0) is 18.4 Å². The third-order valence-electron chi connectivity index (χ3n) is 3.03. The van der Waals surface area contributed by atoms with Crippen molar-refractivity contribution in [1.29, 1.82) is 0 Å². The first-order valence-electron chi connectivity index (χ1n) is 6.09. The molecule has 0 saturated heterocycles. The molecule has 0 spiro atoms. The molecule has 0 heterocycles. The Morgan fingerprint density at radius 1 is 1.28 bits per heavy atom. The summed E-state index contributed by atoms with van der Waals surface area (Å²) < 4.78 is 0. The summed E-state index contributed by atoms with van der Waals surface area (Å²) in [6, 6.07) is 8.41. The number of hydrogen-bond donors (Lipinski definition) is 2. The van der Waals surface area contributed by atoms with Crippen LogP contribution >= 0.6 is 12.4 Å². The van der Waals surface area contributed by atoms with Crippen molar-refractivity contribution in [1.82, 2.24) is 5.32 Å². The lowest BCUT2D eigenvalue weighted by molar-refractivity contribution is -0.124. The van der Waals surface area contributed by atoms with Gasteiger partial charge in [-0.15, -0.1) is 12.4 Å². The fraction of sp³-hybridized carbons (Fsp3) is 0.500. The molecular formula is C14H23ClN2O. The van der Waals surface area contributed by atoms with E-state index in [9.17, 15) is 4.79 Å². The Hall–Kier alpha value is -1.06. The van der Waals surface area contributed by atoms with Crippen molar-refractivity contribution < 1.29 is 4.79 Å². The van der Waals surface area contributed by atoms with E-state index in [0.717, 1.165) is 0 Å². The van der Waals surface area contributed by atoms with Gasteiger partial charge in [0.15, 0.2) is 0 Å². The molecule has 18 heavy (non-hydrogen) atoms. The third kappa shape index (κ3) is 5.07. The van der Waals surface area contributed by atoms with E-state index in [-0.39, 0.29) is 24.2 Å². The number of carbonyl (C=O) groups is 1. The maximum Gasteiger partial charge on any atom is 0.224 e. The largest absolute Gasteiger partial charge is 0.355 e. The lowest BCUT2D eigenvalue weighted by atomic mass is 10.00. The molecule has 0 aliphatic rings. The van der Waals surface area contributed by atoms with Crippen LogP contribution in [0.15, 0.2) is 24.3 Å². The zero-order valence-electron chi connectivity index (χ0n) is 11.3. The minimum atomic E-state index is -0.111. The molecule has 0 aliphatic carbocycles. The van der Waals surface area contributed by atoms with E-state index in [1.54, 1.807) is 0 Å². The fourth-order valence-corrected chi connectivity index (χ4v) is 1.55. The number of aryl methyl sites for hydroxylation is 1. The molecular weight excluding hydrogens is 248 g/mol. The van der Waals surface area contributed by atoms with Gasteiger partial charge in [0, 0.05) is 19.0 Å². The Balaban J connectivity index is 0.00000289. The van der Waals surface area contributed by atoms with E-state index in [1.165, 1.54) is 11.1 Å². The minimum absolute atomic E-state index is 0. The summed E-state index contributed by atoms with van der Waals surface area (Å²) in [4.78, 5) is 11.6. The van der Waals surface area contributed by atoms with E-state index in [0.29, 0.717) is 19.0 Å². The first-order valence-corrected chi connectivity index (χ1v) is 6.09. The molecule has 1 amide bonds. The summed E-state index contributed by atoms with van der Waals surface area (Å²) in [6.45, 7) is 7.07. The van der Waals surface area contributed by atoms with E-state index in [1.807, 2.05) is 6.92 Å². The average Bonchev–Trinajstić information content (AvgIpc) is 2.35. The molecule has 0 saturated carbocycles. The Morgan fingerprint density at radius 3 is 2.33 bits per heavy atom. The molecule has 0 fully saturated rings. The van der Waals surface area contributed by atoms with Crippen LogP contribution in [0, 0.1) is 12.8 Å². The molecule has 2 unspecified atom stereocenters. The first kappa shape index (κ1) is 16.9. The quantitative estimate of drug-likeness (QED) is 0.862. The molecule has 0 aromatic heterocycles. The van der Waals surface area contributed by atoms with Crippen LogP contribution in [-0.2, 0) is 4.79 Å². The van der Waals surface area contributed by atoms with Crippen LogP contribution in [0.1, 0.15) is 30.9 Å². The maximum atomic E-state index is 11.6. The number of rotatable bonds is 5. The highest BCUT2D eigenvalue weighted by Crippen LogP contribution is 2.14. The molecule has 0 aliphatic heterocycles. The fourth-order valence-electron chi connectivity index (χ4n) is 1.55. The van der Waals surface area contributed by atoms with E-state index in [4.69, 9.17) is 5.73 Å². The highest BCUT2D eigenvalue weighted by atomic mass is 35.5. The lowest BCUT2D eigenvalue weighted by Gasteiger charge is -2.15. The number of nitrogens with two attached hydrogens (primary N) is 1. The average molecular weight is 271 g/mol. The SMILES string of the molecule is Cc1ccc(C(C)CNC(=O)C(C)CN)cc1.Cl. The van der Waals surface area contributed by atoms with Crippen molar-refractivity contribution in [3.05, 3.63) is 35.4 Å². The number of carbonyl (C=O) groups excluding carboxylic acids is 1. The first-order chi connectivity index (χ1) is 8.04. The standard InChI is InChI=1S/C14H22N2O.ClH/c1-10-4-6-13(7-5-10)12(3)9-16-14(17)11(2)8-15;/h4-7,11-12H,8-9,15H2,1-3H3,(H,16,17);1H. The highest BCUT2D eigenvalue weighted by molar-refractivity contribution is 5.85. The number of nitrogens with one attached hydrogen (secondary N) is 1. The second-order valence-electron chi connectivity index (χ2n) is 4.69. The molecule has 1 rings (SSSR count). The normalized spacial score (nSPS) is 13.3. The Morgan fingerprint density at radius 2 is 1.83 bits per heavy atom. The second-order valence-corrected chi connectivity index (χ2v) is 4.69. The van der Waals surface area contributed by atoms with E-state index >= 15 is 0 Å². The van der Waals surface area contributed by atoms with Crippen molar-refractivity contribution in [3.63, 3.8) is 0 Å². The van der Waals surface area contributed by atoms with Gasteiger partial charge in [-0.25, -0.2) is 0 Å². The lowest BCUT2D eigenvalue weighted by Crippen LogP contribution is -2.35. The van der Waals surface area contributed by atoms with E-state index in [2.05, 4.69) is 43.4 Å². The van der Waals surface area contributed by atoms with Crippen LogP contribution in [0.4, 0.5) is 0 Å². The second kappa shape index (κ2) is 8.11. The van der Waals surface area contributed by atoms with Crippen LogP contribution in [0.25, 0.3) is 0 Å². The Kier molecular flexibility index (Phi) is 7.64. The van der Waals surface area contributed by atoms with Gasteiger partial charge in [0.25, 0.3) is 0 Å². The Labute approximate surface area is 116 Å². The highest BCUT2D eigenvalue weighted by Gasteiger charge is 2.12. The van der Waals surface area contributed by atoms with Gasteiger partial charge in [0.05, 0.1) is 0 Å². The topological polar surface area (TPSA) is 55.1 Å². The van der Waals surface area contributed by atoms with Crippen LogP contribution < -0.4 is 11.1 Å². The summed E-state index contributed by atoms with van der Waals surface area (Å²) in [7, 11) is 0. The molecule has 0 radical (unpaired) electrons. The maximum absolute atomic E-state index is 11.6. The smallest absolute Gasteiger partial charge is 0.224 e. The van der Waals surface area contributed by atoms with Gasteiger partial charge in [-0.2, -0.15) is 0 Å². The molecule has 2 atom stereocenters. The van der Waals surface area contributed by atoms with Crippen molar-refractivity contribution in [3.8, 4) is 0 Å². The van der Waals surface area contributed by atoms with Gasteiger partial charge in [-0.1, -0.05) is 43.7 Å². The number of benzene rings is 1. The van der Waals surface area contributed by atoms with Crippen LogP contribution in [0.2, 0.25) is 0 Å². The molecule has 3 N–H and O–H groups in total.